The molecule has 1 amide bonds. The standard InChI is InChI=1S/C29H38F3N9O2.2ClH/c30-29(31,32)22-7-3-4-8-23(22)37-28(42)43-40-15-13-20(14-16-40)35-25-24-26(41(17-34-24)21-5-1-2-6-21)39-27(38-25)36-19-11-9-18(33)10-12-19;;/h3-4,7-8,17-21H,1-2,5-6,9-16,33H2,(H,37,42)(H2,35,36,38,39);2*1H. The summed E-state index contributed by atoms with van der Waals surface area (Å²) >= 11 is 0. The summed E-state index contributed by atoms with van der Waals surface area (Å²) in [5, 5.41) is 10.8. The van der Waals surface area contributed by atoms with Crippen LogP contribution in [0.4, 0.5) is 35.4 Å². The highest BCUT2D eigenvalue weighted by atomic mass is 35.5. The van der Waals surface area contributed by atoms with Gasteiger partial charge >= 0.3 is 12.3 Å². The van der Waals surface area contributed by atoms with Crippen molar-refractivity contribution in [2.45, 2.75) is 94.6 Å². The number of hydrogen-bond donors (Lipinski definition) is 4. The van der Waals surface area contributed by atoms with Crippen LogP contribution >= 0.6 is 24.8 Å². The fourth-order valence-corrected chi connectivity index (χ4v) is 6.35. The molecule has 3 fully saturated rings. The SMILES string of the molecule is Cl.Cl.NC1CCC(Nc2nc(NC3CCN(OC(=O)Nc4ccccc4C(F)(F)F)CC3)c3ncn(C4CCCC4)c3n2)CC1. The van der Waals surface area contributed by atoms with Crippen molar-refractivity contribution in [3.63, 3.8) is 0 Å². The van der Waals surface area contributed by atoms with Crippen molar-refractivity contribution in [2.24, 2.45) is 5.73 Å². The van der Waals surface area contributed by atoms with Gasteiger partial charge in [0.2, 0.25) is 5.95 Å². The minimum Gasteiger partial charge on any atom is -0.365 e. The maximum atomic E-state index is 13.3. The Morgan fingerprint density at radius 2 is 1.58 bits per heavy atom. The van der Waals surface area contributed by atoms with Crippen molar-refractivity contribution in [1.29, 1.82) is 0 Å². The van der Waals surface area contributed by atoms with E-state index in [0.717, 1.165) is 55.8 Å². The Bertz CT molecular complexity index is 1420. The first kappa shape index (κ1) is 34.8. The van der Waals surface area contributed by atoms with Crippen LogP contribution in [-0.2, 0) is 11.0 Å². The van der Waals surface area contributed by atoms with E-state index < -0.39 is 17.8 Å². The molecule has 2 aliphatic carbocycles. The van der Waals surface area contributed by atoms with Crippen LogP contribution in [0.3, 0.4) is 0 Å². The molecule has 1 aromatic carbocycles. The third-order valence-electron chi connectivity index (χ3n) is 8.72. The van der Waals surface area contributed by atoms with Crippen LogP contribution < -0.4 is 21.7 Å². The molecule has 5 N–H and O–H groups in total. The zero-order valence-electron chi connectivity index (χ0n) is 24.8. The van der Waals surface area contributed by atoms with Crippen LogP contribution in [0, 0.1) is 0 Å². The largest absolute Gasteiger partial charge is 0.430 e. The summed E-state index contributed by atoms with van der Waals surface area (Å²) in [5.74, 6) is 1.24. The molecule has 3 aliphatic rings. The van der Waals surface area contributed by atoms with Gasteiger partial charge in [0, 0.05) is 37.3 Å². The number of fused-ring (bicyclic) bond motifs is 1. The van der Waals surface area contributed by atoms with E-state index in [-0.39, 0.29) is 48.6 Å². The molecule has 0 unspecified atom stereocenters. The summed E-state index contributed by atoms with van der Waals surface area (Å²) in [5.41, 5.74) is 6.37. The zero-order chi connectivity index (χ0) is 30.0. The molecule has 2 aromatic heterocycles. The van der Waals surface area contributed by atoms with Gasteiger partial charge in [-0.15, -0.1) is 29.9 Å². The number of carbonyl (C=O) groups is 1. The molecular weight excluding hydrogens is 634 g/mol. The van der Waals surface area contributed by atoms with Gasteiger partial charge in [-0.25, -0.2) is 9.78 Å². The minimum absolute atomic E-state index is 0. The second-order valence-corrected chi connectivity index (χ2v) is 11.8. The number of carbonyl (C=O) groups excluding carboxylic acids is 1. The van der Waals surface area contributed by atoms with Gasteiger partial charge in [0.1, 0.15) is 0 Å². The van der Waals surface area contributed by atoms with Crippen molar-refractivity contribution in [3.8, 4) is 0 Å². The smallest absolute Gasteiger partial charge is 0.365 e. The summed E-state index contributed by atoms with van der Waals surface area (Å²) < 4.78 is 42.0. The average Bonchev–Trinajstić information content (AvgIpc) is 3.65. The number of hydroxylamine groups is 2. The van der Waals surface area contributed by atoms with Gasteiger partial charge in [-0.05, 0) is 63.5 Å². The highest BCUT2D eigenvalue weighted by Gasteiger charge is 2.34. The molecule has 6 rings (SSSR count). The van der Waals surface area contributed by atoms with Crippen LogP contribution in [0.5, 0.6) is 0 Å². The van der Waals surface area contributed by atoms with Gasteiger partial charge in [-0.1, -0.05) is 25.0 Å². The number of nitrogens with one attached hydrogen (secondary N) is 3. The Balaban J connectivity index is 0.00000230. The Morgan fingerprint density at radius 1 is 0.911 bits per heavy atom. The summed E-state index contributed by atoms with van der Waals surface area (Å²) in [6, 6.07) is 5.73. The number of aromatic nitrogens is 4. The number of benzene rings is 1. The molecule has 3 aromatic rings. The normalized spacial score (nSPS) is 21.5. The predicted octanol–water partition coefficient (Wildman–Crippen LogP) is 6.53. The predicted molar refractivity (Wildman–Crippen MR) is 171 cm³/mol. The van der Waals surface area contributed by atoms with E-state index in [1.807, 2.05) is 6.33 Å². The van der Waals surface area contributed by atoms with Crippen molar-refractivity contribution in [3.05, 3.63) is 36.2 Å². The van der Waals surface area contributed by atoms with Gasteiger partial charge in [0.25, 0.3) is 0 Å². The number of anilines is 3. The van der Waals surface area contributed by atoms with E-state index in [9.17, 15) is 18.0 Å². The van der Waals surface area contributed by atoms with E-state index in [1.54, 1.807) is 0 Å². The Labute approximate surface area is 272 Å². The Morgan fingerprint density at radius 3 is 2.27 bits per heavy atom. The number of nitrogens with two attached hydrogens (primary N) is 1. The summed E-state index contributed by atoms with van der Waals surface area (Å²) in [4.78, 5) is 32.2. The Hall–Kier alpha value is -3.07. The molecular formula is C29H40Cl2F3N9O2. The second kappa shape index (κ2) is 15.0. The lowest BCUT2D eigenvalue weighted by Gasteiger charge is -2.31. The number of imidazole rings is 1. The quantitative estimate of drug-likeness (QED) is 0.221. The molecule has 248 valence electrons. The Kier molecular flexibility index (Phi) is 11.6. The third-order valence-corrected chi connectivity index (χ3v) is 8.72. The summed E-state index contributed by atoms with van der Waals surface area (Å²) in [6.07, 6.45) is 6.07. The van der Waals surface area contributed by atoms with E-state index in [4.69, 9.17) is 25.5 Å². The lowest BCUT2D eigenvalue weighted by molar-refractivity contribution is -0.137. The third kappa shape index (κ3) is 8.40. The van der Waals surface area contributed by atoms with Crippen molar-refractivity contribution >= 4 is 59.5 Å². The number of amides is 1. The number of rotatable bonds is 7. The van der Waals surface area contributed by atoms with Crippen molar-refractivity contribution in [1.82, 2.24) is 24.6 Å². The molecule has 11 nitrogen and oxygen atoms in total. The average molecular weight is 675 g/mol. The fraction of sp³-hybridized carbons (Fsp3) is 0.586. The number of nitrogens with zero attached hydrogens (tertiary/aromatic N) is 5. The topological polar surface area (TPSA) is 135 Å². The maximum absolute atomic E-state index is 13.3. The van der Waals surface area contributed by atoms with Gasteiger partial charge in [-0.2, -0.15) is 23.1 Å². The molecule has 45 heavy (non-hydrogen) atoms. The first-order valence-corrected chi connectivity index (χ1v) is 15.2. The number of piperidine rings is 1. The zero-order valence-corrected chi connectivity index (χ0v) is 26.4. The van der Waals surface area contributed by atoms with Gasteiger partial charge in [0.15, 0.2) is 17.0 Å². The minimum atomic E-state index is -4.59. The first-order valence-electron chi connectivity index (χ1n) is 15.2. The number of alkyl halides is 3. The number of hydrogen-bond acceptors (Lipinski definition) is 9. The highest BCUT2D eigenvalue weighted by molar-refractivity contribution is 5.86. The molecule has 0 bridgehead atoms. The maximum Gasteiger partial charge on any atom is 0.430 e. The van der Waals surface area contributed by atoms with Crippen LogP contribution in [-0.4, -0.2) is 61.9 Å². The molecule has 0 spiro atoms. The highest BCUT2D eigenvalue weighted by Crippen LogP contribution is 2.35. The van der Waals surface area contributed by atoms with Crippen LogP contribution in [0.2, 0.25) is 0 Å². The monoisotopic (exact) mass is 673 g/mol. The number of halogens is 5. The van der Waals surface area contributed by atoms with E-state index in [1.165, 1.54) is 36.1 Å². The molecule has 2 saturated carbocycles. The molecule has 0 radical (unpaired) electrons. The first-order chi connectivity index (χ1) is 20.7. The lowest BCUT2D eigenvalue weighted by atomic mass is 9.92. The van der Waals surface area contributed by atoms with Gasteiger partial charge < -0.3 is 25.8 Å². The van der Waals surface area contributed by atoms with E-state index in [0.29, 0.717) is 43.7 Å². The van der Waals surface area contributed by atoms with Crippen LogP contribution in [0.1, 0.15) is 75.8 Å². The van der Waals surface area contributed by atoms with Crippen LogP contribution in [0.15, 0.2) is 30.6 Å². The molecule has 1 aliphatic heterocycles. The fourth-order valence-electron chi connectivity index (χ4n) is 6.35. The molecule has 1 saturated heterocycles. The van der Waals surface area contributed by atoms with Gasteiger partial charge in [0.05, 0.1) is 17.6 Å². The van der Waals surface area contributed by atoms with E-state index in [2.05, 4.69) is 20.5 Å². The van der Waals surface area contributed by atoms with Gasteiger partial charge in [-0.3, -0.25) is 5.32 Å². The van der Waals surface area contributed by atoms with Crippen molar-refractivity contribution < 1.29 is 22.8 Å². The van der Waals surface area contributed by atoms with Crippen LogP contribution in [0.25, 0.3) is 11.2 Å². The summed E-state index contributed by atoms with van der Waals surface area (Å²) in [7, 11) is 0. The lowest BCUT2D eigenvalue weighted by Crippen LogP contribution is -2.41. The second-order valence-electron chi connectivity index (χ2n) is 11.8. The molecule has 0 atom stereocenters. The van der Waals surface area contributed by atoms with E-state index >= 15 is 0 Å². The summed E-state index contributed by atoms with van der Waals surface area (Å²) in [6.45, 7) is 0.814. The van der Waals surface area contributed by atoms with Crippen molar-refractivity contribution in [2.75, 3.05) is 29.0 Å². The molecule has 3 heterocycles. The molecule has 16 heteroatoms. The number of para-hydroxylation sites is 1.